The number of benzene rings is 1. The van der Waals surface area contributed by atoms with Crippen molar-refractivity contribution in [1.29, 1.82) is 0 Å². The molecule has 134 valence electrons. The van der Waals surface area contributed by atoms with Crippen molar-refractivity contribution < 1.29 is 4.79 Å². The Morgan fingerprint density at radius 3 is 2.81 bits per heavy atom. The minimum Gasteiger partial charge on any atom is -0.380 e. The summed E-state index contributed by atoms with van der Waals surface area (Å²) in [7, 11) is 0. The number of aromatic nitrogens is 1. The minimum atomic E-state index is -0.0583. The summed E-state index contributed by atoms with van der Waals surface area (Å²) in [5, 5.41) is 6.44. The fourth-order valence-corrected chi connectivity index (χ4v) is 3.60. The van der Waals surface area contributed by atoms with Crippen molar-refractivity contribution in [1.82, 2.24) is 10.3 Å². The topological polar surface area (TPSA) is 54.0 Å². The molecule has 0 spiro atoms. The zero-order valence-corrected chi connectivity index (χ0v) is 15.8. The molecule has 0 saturated carbocycles. The maximum absolute atomic E-state index is 12.5. The first-order valence-electron chi connectivity index (χ1n) is 8.69. The van der Waals surface area contributed by atoms with Gasteiger partial charge in [-0.3, -0.25) is 9.78 Å². The number of aryl methyl sites for hydroxylation is 1. The normalized spacial score (nSPS) is 11.8. The predicted molar refractivity (Wildman–Crippen MR) is 108 cm³/mol. The lowest BCUT2D eigenvalue weighted by molar-refractivity contribution is 0.0940. The summed E-state index contributed by atoms with van der Waals surface area (Å²) in [5.74, 6) is -0.0583. The smallest absolute Gasteiger partial charge is 0.251 e. The van der Waals surface area contributed by atoms with Gasteiger partial charge in [-0.15, -0.1) is 11.3 Å². The quantitative estimate of drug-likeness (QED) is 0.651. The fraction of sp³-hybridized carbons (Fsp3) is 0.238. The lowest BCUT2D eigenvalue weighted by Crippen LogP contribution is -2.34. The summed E-state index contributed by atoms with van der Waals surface area (Å²) in [6.45, 7) is 4.87. The monoisotopic (exact) mass is 365 g/mol. The number of carbonyl (C=O) groups is 1. The highest BCUT2D eigenvalue weighted by Gasteiger charge is 2.11. The van der Waals surface area contributed by atoms with Gasteiger partial charge in [-0.05, 0) is 62.2 Å². The van der Waals surface area contributed by atoms with Gasteiger partial charge in [0.15, 0.2) is 0 Å². The summed E-state index contributed by atoms with van der Waals surface area (Å²) in [6, 6.07) is 15.8. The molecule has 26 heavy (non-hydrogen) atoms. The van der Waals surface area contributed by atoms with Crippen LogP contribution in [0.5, 0.6) is 0 Å². The van der Waals surface area contributed by atoms with E-state index in [4.69, 9.17) is 0 Å². The molecular formula is C21H23N3OS. The highest BCUT2D eigenvalue weighted by Crippen LogP contribution is 2.18. The highest BCUT2D eigenvalue weighted by molar-refractivity contribution is 7.11. The second-order valence-electron chi connectivity index (χ2n) is 6.39. The standard InChI is InChI=1S/C21H23N3OS/c1-15(11-17-5-4-10-22-13-17)24-21(25)18-6-3-7-19(12-18)23-14-20-9-8-16(2)26-20/h3-10,12-13,15,23H,11,14H2,1-2H3,(H,24,25)/t15-/m0/s1. The summed E-state index contributed by atoms with van der Waals surface area (Å²) in [6.07, 6.45) is 4.34. The zero-order valence-electron chi connectivity index (χ0n) is 15.0. The van der Waals surface area contributed by atoms with Crippen LogP contribution in [0.2, 0.25) is 0 Å². The predicted octanol–water partition coefficient (Wildman–Crippen LogP) is 4.42. The van der Waals surface area contributed by atoms with Crippen LogP contribution in [0.3, 0.4) is 0 Å². The minimum absolute atomic E-state index is 0.0393. The lowest BCUT2D eigenvalue weighted by Gasteiger charge is -2.14. The van der Waals surface area contributed by atoms with Crippen LogP contribution >= 0.6 is 11.3 Å². The third-order valence-electron chi connectivity index (χ3n) is 4.03. The number of amides is 1. The van der Waals surface area contributed by atoms with Crippen LogP contribution in [0.4, 0.5) is 5.69 Å². The number of nitrogens with one attached hydrogen (secondary N) is 2. The molecule has 0 unspecified atom stereocenters. The van der Waals surface area contributed by atoms with E-state index in [1.165, 1.54) is 9.75 Å². The van der Waals surface area contributed by atoms with Crippen molar-refractivity contribution in [2.45, 2.75) is 32.9 Å². The Morgan fingerprint density at radius 1 is 1.19 bits per heavy atom. The van der Waals surface area contributed by atoms with E-state index >= 15 is 0 Å². The van der Waals surface area contributed by atoms with Gasteiger partial charge in [0.25, 0.3) is 5.91 Å². The van der Waals surface area contributed by atoms with Gasteiger partial charge in [0, 0.05) is 46.0 Å². The van der Waals surface area contributed by atoms with Crippen molar-refractivity contribution in [2.24, 2.45) is 0 Å². The molecule has 1 amide bonds. The molecule has 0 saturated heterocycles. The number of carbonyl (C=O) groups excluding carboxylic acids is 1. The van der Waals surface area contributed by atoms with Crippen LogP contribution in [0.15, 0.2) is 60.9 Å². The van der Waals surface area contributed by atoms with Gasteiger partial charge in [-0.2, -0.15) is 0 Å². The summed E-state index contributed by atoms with van der Waals surface area (Å²) < 4.78 is 0. The first kappa shape index (κ1) is 18.1. The largest absolute Gasteiger partial charge is 0.380 e. The average molecular weight is 366 g/mol. The molecule has 0 aliphatic carbocycles. The fourth-order valence-electron chi connectivity index (χ4n) is 2.77. The average Bonchev–Trinajstić information content (AvgIpc) is 3.06. The Hall–Kier alpha value is -2.66. The van der Waals surface area contributed by atoms with Crippen LogP contribution in [-0.4, -0.2) is 16.9 Å². The van der Waals surface area contributed by atoms with Crippen LogP contribution < -0.4 is 10.6 Å². The molecule has 2 N–H and O–H groups in total. The molecule has 0 aliphatic heterocycles. The van der Waals surface area contributed by atoms with E-state index in [9.17, 15) is 4.79 Å². The molecule has 3 rings (SSSR count). The SMILES string of the molecule is Cc1ccc(CNc2cccc(C(=O)N[C@@H](C)Cc3cccnc3)c2)s1. The first-order valence-corrected chi connectivity index (χ1v) is 9.51. The van der Waals surface area contributed by atoms with Gasteiger partial charge < -0.3 is 10.6 Å². The van der Waals surface area contributed by atoms with Gasteiger partial charge >= 0.3 is 0 Å². The van der Waals surface area contributed by atoms with E-state index in [2.05, 4.69) is 34.7 Å². The Morgan fingerprint density at radius 2 is 2.08 bits per heavy atom. The second kappa shape index (κ2) is 8.63. The summed E-state index contributed by atoms with van der Waals surface area (Å²) in [4.78, 5) is 19.2. The van der Waals surface area contributed by atoms with E-state index in [-0.39, 0.29) is 11.9 Å². The Balaban J connectivity index is 1.57. The first-order chi connectivity index (χ1) is 12.6. The van der Waals surface area contributed by atoms with Crippen LogP contribution in [0, 0.1) is 6.92 Å². The number of anilines is 1. The summed E-state index contributed by atoms with van der Waals surface area (Å²) >= 11 is 1.78. The number of nitrogens with zero attached hydrogens (tertiary/aromatic N) is 1. The van der Waals surface area contributed by atoms with Crippen molar-refractivity contribution in [3.05, 3.63) is 81.8 Å². The Kier molecular flexibility index (Phi) is 6.02. The number of thiophene rings is 1. The van der Waals surface area contributed by atoms with Crippen molar-refractivity contribution in [2.75, 3.05) is 5.32 Å². The van der Waals surface area contributed by atoms with Gasteiger partial charge in [0.05, 0.1) is 0 Å². The zero-order chi connectivity index (χ0) is 18.4. The maximum Gasteiger partial charge on any atom is 0.251 e. The third kappa shape index (κ3) is 5.17. The van der Waals surface area contributed by atoms with Gasteiger partial charge in [0.1, 0.15) is 0 Å². The van der Waals surface area contributed by atoms with E-state index in [0.717, 1.165) is 24.2 Å². The number of rotatable bonds is 7. The van der Waals surface area contributed by atoms with Crippen LogP contribution in [0.25, 0.3) is 0 Å². The van der Waals surface area contributed by atoms with Crippen molar-refractivity contribution >= 4 is 22.9 Å². The second-order valence-corrected chi connectivity index (χ2v) is 7.76. The molecule has 2 aromatic heterocycles. The molecule has 0 radical (unpaired) electrons. The lowest BCUT2D eigenvalue weighted by atomic mass is 10.1. The van der Waals surface area contributed by atoms with Gasteiger partial charge in [-0.25, -0.2) is 0 Å². The highest BCUT2D eigenvalue weighted by atomic mass is 32.1. The maximum atomic E-state index is 12.5. The van der Waals surface area contributed by atoms with Crippen LogP contribution in [-0.2, 0) is 13.0 Å². The van der Waals surface area contributed by atoms with Crippen molar-refractivity contribution in [3.8, 4) is 0 Å². The molecule has 0 bridgehead atoms. The molecular weight excluding hydrogens is 342 g/mol. The van der Waals surface area contributed by atoms with E-state index < -0.39 is 0 Å². The Bertz CT molecular complexity index is 860. The molecule has 1 atom stereocenters. The molecule has 0 fully saturated rings. The number of pyridine rings is 1. The summed E-state index contributed by atoms with van der Waals surface area (Å²) in [5.41, 5.74) is 2.72. The van der Waals surface area contributed by atoms with E-state index in [0.29, 0.717) is 5.56 Å². The van der Waals surface area contributed by atoms with Crippen LogP contribution in [0.1, 0.15) is 32.6 Å². The third-order valence-corrected chi connectivity index (χ3v) is 5.03. The molecule has 3 aromatic rings. The molecule has 1 aromatic carbocycles. The number of hydrogen-bond donors (Lipinski definition) is 2. The Labute approximate surface area is 158 Å². The van der Waals surface area contributed by atoms with E-state index in [1.807, 2.05) is 49.5 Å². The number of hydrogen-bond acceptors (Lipinski definition) is 4. The molecule has 4 nitrogen and oxygen atoms in total. The van der Waals surface area contributed by atoms with E-state index in [1.54, 1.807) is 17.5 Å². The molecule has 2 heterocycles. The van der Waals surface area contributed by atoms with Crippen molar-refractivity contribution in [3.63, 3.8) is 0 Å². The molecule has 0 aliphatic rings. The van der Waals surface area contributed by atoms with Gasteiger partial charge in [-0.1, -0.05) is 12.1 Å². The molecule has 5 heteroatoms. The van der Waals surface area contributed by atoms with Gasteiger partial charge in [0.2, 0.25) is 0 Å².